The van der Waals surface area contributed by atoms with Gasteiger partial charge >= 0.3 is 0 Å². The van der Waals surface area contributed by atoms with Gasteiger partial charge in [0.05, 0.1) is 5.02 Å². The highest BCUT2D eigenvalue weighted by molar-refractivity contribution is 6.32. The predicted octanol–water partition coefficient (Wildman–Crippen LogP) is 3.30. The molecule has 0 bridgehead atoms. The predicted molar refractivity (Wildman–Crippen MR) is 86.9 cm³/mol. The number of halogens is 1. The Balaban J connectivity index is 2.74. The van der Waals surface area contributed by atoms with E-state index < -0.39 is 6.10 Å². The van der Waals surface area contributed by atoms with Crippen LogP contribution in [0.15, 0.2) is 18.2 Å². The number of nitrogens with one attached hydrogen (secondary N) is 2. The first kappa shape index (κ1) is 17.8. The molecule has 0 radical (unpaired) electrons. The monoisotopic (exact) mass is 312 g/mol. The number of rotatable bonds is 7. The molecule has 5 heteroatoms. The minimum Gasteiger partial charge on any atom is -0.479 e. The second-order valence-corrected chi connectivity index (χ2v) is 5.80. The molecule has 0 saturated heterocycles. The van der Waals surface area contributed by atoms with Gasteiger partial charge < -0.3 is 15.4 Å². The molecule has 1 amide bonds. The lowest BCUT2D eigenvalue weighted by molar-refractivity contribution is -0.127. The van der Waals surface area contributed by atoms with E-state index in [1.165, 1.54) is 0 Å². The third kappa shape index (κ3) is 5.56. The summed E-state index contributed by atoms with van der Waals surface area (Å²) in [6.07, 6.45) is -0.582. The number of amides is 1. The van der Waals surface area contributed by atoms with Crippen LogP contribution in [-0.4, -0.2) is 24.6 Å². The van der Waals surface area contributed by atoms with Gasteiger partial charge in [-0.1, -0.05) is 24.6 Å². The first-order chi connectivity index (χ1) is 9.85. The third-order valence-electron chi connectivity index (χ3n) is 3.07. The van der Waals surface area contributed by atoms with Crippen molar-refractivity contribution in [1.29, 1.82) is 0 Å². The Kier molecular flexibility index (Phi) is 6.99. The Morgan fingerprint density at radius 3 is 2.48 bits per heavy atom. The minimum atomic E-state index is -0.582. The lowest BCUT2D eigenvalue weighted by atomic mass is 10.1. The number of carbonyl (C=O) groups is 1. The summed E-state index contributed by atoms with van der Waals surface area (Å²) < 4.78 is 5.64. The zero-order chi connectivity index (χ0) is 16.0. The van der Waals surface area contributed by atoms with Gasteiger partial charge in [-0.2, -0.15) is 0 Å². The molecule has 2 N–H and O–H groups in total. The van der Waals surface area contributed by atoms with Crippen molar-refractivity contribution in [2.24, 2.45) is 0 Å². The van der Waals surface area contributed by atoms with Gasteiger partial charge in [-0.25, -0.2) is 0 Å². The van der Waals surface area contributed by atoms with Crippen molar-refractivity contribution in [3.63, 3.8) is 0 Å². The molecule has 1 rings (SSSR count). The van der Waals surface area contributed by atoms with E-state index >= 15 is 0 Å². The molecule has 118 valence electrons. The normalized spacial score (nSPS) is 13.9. The van der Waals surface area contributed by atoms with Gasteiger partial charge in [0.15, 0.2) is 6.10 Å². The summed E-state index contributed by atoms with van der Waals surface area (Å²) in [6.45, 7) is 10.6. The maximum Gasteiger partial charge on any atom is 0.260 e. The van der Waals surface area contributed by atoms with Crippen LogP contribution in [0.5, 0.6) is 5.75 Å². The number of hydrogen-bond acceptors (Lipinski definition) is 3. The van der Waals surface area contributed by atoms with E-state index in [1.54, 1.807) is 6.92 Å². The Morgan fingerprint density at radius 1 is 1.29 bits per heavy atom. The lowest BCUT2D eigenvalue weighted by Crippen LogP contribution is -2.40. The smallest absolute Gasteiger partial charge is 0.260 e. The topological polar surface area (TPSA) is 50.4 Å². The second-order valence-electron chi connectivity index (χ2n) is 5.39. The Labute approximate surface area is 132 Å². The highest BCUT2D eigenvalue weighted by atomic mass is 35.5. The summed E-state index contributed by atoms with van der Waals surface area (Å²) >= 11 is 6.24. The zero-order valence-electron chi connectivity index (χ0n) is 13.4. The molecule has 1 aromatic carbocycles. The molecule has 0 heterocycles. The van der Waals surface area contributed by atoms with E-state index in [1.807, 2.05) is 32.0 Å². The van der Waals surface area contributed by atoms with E-state index in [2.05, 4.69) is 24.5 Å². The molecule has 0 aliphatic heterocycles. The van der Waals surface area contributed by atoms with Gasteiger partial charge in [0.25, 0.3) is 5.91 Å². The van der Waals surface area contributed by atoms with Crippen molar-refractivity contribution in [3.05, 3.63) is 28.8 Å². The summed E-state index contributed by atoms with van der Waals surface area (Å²) in [5.74, 6) is 0.377. The van der Waals surface area contributed by atoms with Crippen molar-refractivity contribution in [1.82, 2.24) is 10.6 Å². The number of ether oxygens (including phenoxy) is 1. The molecular formula is C16H25ClN2O2. The summed E-state index contributed by atoms with van der Waals surface area (Å²) in [5, 5.41) is 6.65. The van der Waals surface area contributed by atoms with E-state index in [4.69, 9.17) is 16.3 Å². The van der Waals surface area contributed by atoms with Gasteiger partial charge in [0.1, 0.15) is 5.75 Å². The van der Waals surface area contributed by atoms with Crippen LogP contribution in [0.3, 0.4) is 0 Å². The molecule has 0 saturated carbocycles. The Hall–Kier alpha value is -1.26. The van der Waals surface area contributed by atoms with Crippen molar-refractivity contribution in [2.75, 3.05) is 6.54 Å². The zero-order valence-corrected chi connectivity index (χ0v) is 14.1. The molecule has 0 aliphatic carbocycles. The highest BCUT2D eigenvalue weighted by Crippen LogP contribution is 2.28. The fourth-order valence-corrected chi connectivity index (χ4v) is 2.19. The largest absolute Gasteiger partial charge is 0.479 e. The molecule has 1 aromatic rings. The fraction of sp³-hybridized carbons (Fsp3) is 0.562. The van der Waals surface area contributed by atoms with Crippen molar-refractivity contribution < 1.29 is 9.53 Å². The molecule has 2 atom stereocenters. The van der Waals surface area contributed by atoms with E-state index in [0.29, 0.717) is 10.8 Å². The van der Waals surface area contributed by atoms with Crippen molar-refractivity contribution >= 4 is 17.5 Å². The molecule has 0 spiro atoms. The molecule has 21 heavy (non-hydrogen) atoms. The summed E-state index contributed by atoms with van der Waals surface area (Å²) in [4.78, 5) is 11.8. The van der Waals surface area contributed by atoms with Crippen LogP contribution in [0.25, 0.3) is 0 Å². The summed E-state index contributed by atoms with van der Waals surface area (Å²) in [6, 6.07) is 5.95. The van der Waals surface area contributed by atoms with E-state index in [9.17, 15) is 4.79 Å². The van der Waals surface area contributed by atoms with Crippen LogP contribution in [0.4, 0.5) is 0 Å². The van der Waals surface area contributed by atoms with Crippen LogP contribution < -0.4 is 15.4 Å². The molecule has 0 aliphatic rings. The van der Waals surface area contributed by atoms with E-state index in [-0.39, 0.29) is 18.0 Å². The molecule has 2 unspecified atom stereocenters. The van der Waals surface area contributed by atoms with Crippen LogP contribution in [0.1, 0.15) is 46.2 Å². The molecule has 0 aromatic heterocycles. The number of hydrogen-bond donors (Lipinski definition) is 2. The number of carbonyl (C=O) groups excluding carboxylic acids is 1. The van der Waals surface area contributed by atoms with Gasteiger partial charge in [-0.15, -0.1) is 0 Å². The van der Waals surface area contributed by atoms with Crippen LogP contribution >= 0.6 is 11.6 Å². The summed E-state index contributed by atoms with van der Waals surface area (Å²) in [7, 11) is 0. The maximum atomic E-state index is 11.8. The summed E-state index contributed by atoms with van der Waals surface area (Å²) in [5.41, 5.74) is 1.09. The van der Waals surface area contributed by atoms with Gasteiger partial charge in [-0.05, 0) is 51.9 Å². The standard InChI is InChI=1S/C16H25ClN2O2/c1-6-18-11(4)13-7-8-15(14(17)9-13)21-12(5)16(20)19-10(2)3/h7-12,18H,6H2,1-5H3,(H,19,20). The first-order valence-electron chi connectivity index (χ1n) is 7.35. The quantitative estimate of drug-likeness (QED) is 0.812. The van der Waals surface area contributed by atoms with E-state index in [0.717, 1.165) is 12.1 Å². The Morgan fingerprint density at radius 2 is 1.95 bits per heavy atom. The average Bonchev–Trinajstić information content (AvgIpc) is 2.40. The minimum absolute atomic E-state index is 0.0855. The second kappa shape index (κ2) is 8.25. The highest BCUT2D eigenvalue weighted by Gasteiger charge is 2.17. The van der Waals surface area contributed by atoms with Crippen LogP contribution in [0, 0.1) is 0 Å². The average molecular weight is 313 g/mol. The Bertz CT molecular complexity index is 477. The van der Waals surface area contributed by atoms with Gasteiger partial charge in [0, 0.05) is 12.1 Å². The third-order valence-corrected chi connectivity index (χ3v) is 3.37. The van der Waals surface area contributed by atoms with Gasteiger partial charge in [0.2, 0.25) is 0 Å². The first-order valence-corrected chi connectivity index (χ1v) is 7.72. The van der Waals surface area contributed by atoms with Crippen LogP contribution in [-0.2, 0) is 4.79 Å². The van der Waals surface area contributed by atoms with Crippen molar-refractivity contribution in [3.8, 4) is 5.75 Å². The molecule has 0 fully saturated rings. The number of benzene rings is 1. The fourth-order valence-electron chi connectivity index (χ4n) is 1.95. The molecular weight excluding hydrogens is 288 g/mol. The van der Waals surface area contributed by atoms with Gasteiger partial charge in [-0.3, -0.25) is 4.79 Å². The van der Waals surface area contributed by atoms with Crippen molar-refractivity contribution in [2.45, 2.75) is 52.8 Å². The SMILES string of the molecule is CCNC(C)c1ccc(OC(C)C(=O)NC(C)C)c(Cl)c1. The van der Waals surface area contributed by atoms with Crippen LogP contribution in [0.2, 0.25) is 5.02 Å². The lowest BCUT2D eigenvalue weighted by Gasteiger charge is -2.18. The molecule has 4 nitrogen and oxygen atoms in total. The maximum absolute atomic E-state index is 11.8.